The van der Waals surface area contributed by atoms with E-state index in [-0.39, 0.29) is 12.3 Å². The third-order valence-corrected chi connectivity index (χ3v) is 6.21. The fourth-order valence-corrected chi connectivity index (χ4v) is 4.20. The topological polar surface area (TPSA) is 63.3 Å². The van der Waals surface area contributed by atoms with Crippen LogP contribution in [0, 0.1) is 34.6 Å². The van der Waals surface area contributed by atoms with Gasteiger partial charge in [-0.2, -0.15) is 0 Å². The first-order valence-corrected chi connectivity index (χ1v) is 9.33. The molecule has 134 valence electrons. The Balaban J connectivity index is 1.93. The first kappa shape index (κ1) is 17.9. The molecule has 1 aromatic carbocycles. The Morgan fingerprint density at radius 1 is 1.24 bits per heavy atom. The van der Waals surface area contributed by atoms with E-state index in [1.165, 1.54) is 0 Å². The molecule has 0 spiro atoms. The number of ether oxygens (including phenoxy) is 1. The first-order chi connectivity index (χ1) is 11.6. The number of benzene rings is 1. The van der Waals surface area contributed by atoms with Gasteiger partial charge in [-0.1, -0.05) is 16.0 Å². The smallest absolute Gasteiger partial charge is 0.262 e. The Morgan fingerprint density at radius 2 is 1.92 bits per heavy atom. The van der Waals surface area contributed by atoms with Crippen LogP contribution in [0.5, 0.6) is 11.5 Å². The molecule has 1 aliphatic rings. The minimum Gasteiger partial charge on any atom is -0.507 e. The fraction of sp³-hybridized carbons (Fsp3) is 0.526. The van der Waals surface area contributed by atoms with Crippen molar-refractivity contribution in [3.63, 3.8) is 0 Å². The minimum atomic E-state index is -0.870. The number of ketones is 1. The molecule has 25 heavy (non-hydrogen) atoms. The number of fused-ring (bicyclic) bond motifs is 1. The van der Waals surface area contributed by atoms with Crippen LogP contribution in [0.2, 0.25) is 0 Å². The van der Waals surface area contributed by atoms with E-state index in [9.17, 15) is 9.90 Å². The quantitative estimate of drug-likeness (QED) is 0.854. The summed E-state index contributed by atoms with van der Waals surface area (Å²) in [5.74, 6) is 1.12. The fourth-order valence-electron chi connectivity index (χ4n) is 3.42. The van der Waals surface area contributed by atoms with E-state index in [4.69, 9.17) is 4.74 Å². The van der Waals surface area contributed by atoms with Crippen LogP contribution in [0.25, 0.3) is 0 Å². The van der Waals surface area contributed by atoms with E-state index in [1.54, 1.807) is 16.0 Å². The molecule has 0 radical (unpaired) electrons. The molecule has 1 unspecified atom stereocenters. The summed E-state index contributed by atoms with van der Waals surface area (Å²) in [6.45, 7) is 11.7. The highest BCUT2D eigenvalue weighted by Crippen LogP contribution is 2.43. The van der Waals surface area contributed by atoms with Crippen molar-refractivity contribution in [3.05, 3.63) is 32.3 Å². The molecule has 1 atom stereocenters. The zero-order valence-corrected chi connectivity index (χ0v) is 16.5. The molecular formula is C19H25N2O3S+. The van der Waals surface area contributed by atoms with Gasteiger partial charge in [0.15, 0.2) is 10.6 Å². The first-order valence-electron chi connectivity index (χ1n) is 8.52. The van der Waals surface area contributed by atoms with Crippen molar-refractivity contribution in [1.82, 2.24) is 5.10 Å². The average Bonchev–Trinajstić information content (AvgIpc) is 2.88. The Morgan fingerprint density at radius 3 is 2.52 bits per heavy atom. The van der Waals surface area contributed by atoms with Crippen LogP contribution in [0.3, 0.4) is 0 Å². The lowest BCUT2D eigenvalue weighted by atomic mass is 9.85. The van der Waals surface area contributed by atoms with E-state index in [0.29, 0.717) is 12.2 Å². The molecule has 5 nitrogen and oxygen atoms in total. The van der Waals surface area contributed by atoms with Crippen molar-refractivity contribution in [2.24, 2.45) is 0 Å². The summed E-state index contributed by atoms with van der Waals surface area (Å²) in [5.41, 5.74) is 2.72. The van der Waals surface area contributed by atoms with Crippen molar-refractivity contribution in [2.75, 3.05) is 0 Å². The third-order valence-electron chi connectivity index (χ3n) is 5.32. The number of carbonyl (C=O) groups excluding carboxylic acids is 1. The van der Waals surface area contributed by atoms with E-state index in [2.05, 4.69) is 5.10 Å². The molecule has 0 aliphatic carbocycles. The standard InChI is InChI=1S/C19H24N2O3S/c1-10-11(2)18-15(12(3)17(10)23)7-8-19(6,24-18)16(22)9-21-14(5)25-13(4)20-21/h7-9H2,1-6H3/p+1. The number of phenols is 1. The summed E-state index contributed by atoms with van der Waals surface area (Å²) < 4.78 is 8.01. The summed E-state index contributed by atoms with van der Waals surface area (Å²) in [4.78, 5) is 13.0. The molecule has 3 rings (SSSR count). The summed E-state index contributed by atoms with van der Waals surface area (Å²) in [6, 6.07) is 0. The lowest BCUT2D eigenvalue weighted by molar-refractivity contribution is -0.743. The van der Waals surface area contributed by atoms with Gasteiger partial charge in [-0.25, -0.2) is 0 Å². The van der Waals surface area contributed by atoms with E-state index in [1.807, 2.05) is 41.5 Å². The van der Waals surface area contributed by atoms with Crippen molar-refractivity contribution in [1.29, 1.82) is 0 Å². The van der Waals surface area contributed by atoms with Gasteiger partial charge < -0.3 is 9.84 Å². The molecule has 0 saturated heterocycles. The highest BCUT2D eigenvalue weighted by molar-refractivity contribution is 7.10. The van der Waals surface area contributed by atoms with Gasteiger partial charge in [-0.15, -0.1) is 0 Å². The van der Waals surface area contributed by atoms with Gasteiger partial charge in [0.05, 0.1) is 0 Å². The van der Waals surface area contributed by atoms with Crippen molar-refractivity contribution < 1.29 is 19.3 Å². The molecular weight excluding hydrogens is 336 g/mol. The monoisotopic (exact) mass is 361 g/mol. The number of hydrogen-bond donors (Lipinski definition) is 1. The lowest BCUT2D eigenvalue weighted by Gasteiger charge is -2.35. The van der Waals surface area contributed by atoms with E-state index in [0.717, 1.165) is 44.4 Å². The van der Waals surface area contributed by atoms with Crippen molar-refractivity contribution >= 4 is 17.1 Å². The van der Waals surface area contributed by atoms with Gasteiger partial charge in [0.2, 0.25) is 12.3 Å². The Bertz CT molecular complexity index is 872. The molecule has 2 heterocycles. The van der Waals surface area contributed by atoms with Gasteiger partial charge >= 0.3 is 0 Å². The molecule has 0 fully saturated rings. The number of phenolic OH excluding ortho intramolecular Hbond substituents is 1. The van der Waals surface area contributed by atoms with Gasteiger partial charge in [0.1, 0.15) is 11.5 Å². The number of Topliss-reactive ketones (excluding diaryl/α,β-unsaturated/α-hetero) is 1. The molecule has 0 saturated carbocycles. The second kappa shape index (κ2) is 6.09. The van der Waals surface area contributed by atoms with Crippen LogP contribution >= 0.6 is 11.3 Å². The van der Waals surface area contributed by atoms with Crippen LogP contribution in [-0.2, 0) is 17.8 Å². The zero-order valence-electron chi connectivity index (χ0n) is 15.7. The predicted molar refractivity (Wildman–Crippen MR) is 96.5 cm³/mol. The largest absolute Gasteiger partial charge is 0.507 e. The van der Waals surface area contributed by atoms with Crippen LogP contribution < -0.4 is 9.42 Å². The van der Waals surface area contributed by atoms with E-state index >= 15 is 0 Å². The SMILES string of the molecule is Cc1n[n+](CC(=O)C2(C)CCc3c(C)c(O)c(C)c(C)c3O2)c(C)s1. The molecule has 0 bridgehead atoms. The normalized spacial score (nSPS) is 19.4. The Kier molecular flexibility index (Phi) is 4.35. The number of rotatable bonds is 3. The van der Waals surface area contributed by atoms with Crippen LogP contribution in [0.15, 0.2) is 0 Å². The van der Waals surface area contributed by atoms with Crippen LogP contribution in [0.1, 0.15) is 45.6 Å². The number of hydrogen-bond acceptors (Lipinski definition) is 5. The minimum absolute atomic E-state index is 0.0272. The highest BCUT2D eigenvalue weighted by Gasteiger charge is 2.42. The number of nitrogens with zero attached hydrogens (tertiary/aromatic N) is 2. The maximum absolute atomic E-state index is 13.0. The Labute approximate surface area is 152 Å². The van der Waals surface area contributed by atoms with Crippen molar-refractivity contribution in [3.8, 4) is 11.5 Å². The van der Waals surface area contributed by atoms with Gasteiger partial charge in [0.25, 0.3) is 5.01 Å². The maximum Gasteiger partial charge on any atom is 0.262 e. The zero-order chi connectivity index (χ0) is 18.5. The highest BCUT2D eigenvalue weighted by atomic mass is 32.1. The van der Waals surface area contributed by atoms with Gasteiger partial charge in [-0.05, 0) is 64.2 Å². The molecule has 1 aromatic heterocycles. The molecule has 6 heteroatoms. The number of carbonyl (C=O) groups is 1. The predicted octanol–water partition coefficient (Wildman–Crippen LogP) is 3.03. The second-order valence-corrected chi connectivity index (χ2v) is 8.47. The van der Waals surface area contributed by atoms with Crippen molar-refractivity contribution in [2.45, 2.75) is 66.5 Å². The maximum atomic E-state index is 13.0. The number of aryl methyl sites for hydroxylation is 2. The number of aromatic hydroxyl groups is 1. The summed E-state index contributed by atoms with van der Waals surface area (Å²) in [5, 5.41) is 16.6. The second-order valence-electron chi connectivity index (χ2n) is 7.09. The average molecular weight is 361 g/mol. The van der Waals surface area contributed by atoms with E-state index < -0.39 is 5.60 Å². The third kappa shape index (κ3) is 2.92. The lowest BCUT2D eigenvalue weighted by Crippen LogP contribution is -2.53. The van der Waals surface area contributed by atoms with Gasteiger partial charge in [-0.3, -0.25) is 4.79 Å². The molecule has 1 aliphatic heterocycles. The summed E-state index contributed by atoms with van der Waals surface area (Å²) in [7, 11) is 0. The summed E-state index contributed by atoms with van der Waals surface area (Å²) in [6.07, 6.45) is 1.32. The van der Waals surface area contributed by atoms with Gasteiger partial charge in [0, 0.05) is 17.6 Å². The summed E-state index contributed by atoms with van der Waals surface area (Å²) >= 11 is 1.58. The van der Waals surface area contributed by atoms with Crippen LogP contribution in [-0.4, -0.2) is 21.6 Å². The molecule has 2 aromatic rings. The molecule has 1 N–H and O–H groups in total. The Hall–Kier alpha value is -1.95. The number of aromatic nitrogens is 2. The van der Waals surface area contributed by atoms with Crippen LogP contribution in [0.4, 0.5) is 0 Å². The molecule has 0 amide bonds.